The van der Waals surface area contributed by atoms with Crippen LogP contribution >= 0.6 is 0 Å². The van der Waals surface area contributed by atoms with Gasteiger partial charge in [-0.3, -0.25) is 14.4 Å². The first-order valence-electron chi connectivity index (χ1n) is 11.8. The Balaban J connectivity index is 3.49. The fourth-order valence-corrected chi connectivity index (χ4v) is 3.17. The van der Waals surface area contributed by atoms with E-state index in [1.54, 1.807) is 0 Å². The van der Waals surface area contributed by atoms with Gasteiger partial charge in [0.05, 0.1) is 0 Å². The molecule has 0 atom stereocenters. The summed E-state index contributed by atoms with van der Waals surface area (Å²) in [5.74, 6) is -1.17. The fourth-order valence-electron chi connectivity index (χ4n) is 3.17. The number of hydrogen-bond donors (Lipinski definition) is 1. The fraction of sp³-hybridized carbons (Fsp3) is 0.875. The summed E-state index contributed by atoms with van der Waals surface area (Å²) in [6, 6.07) is 0. The van der Waals surface area contributed by atoms with Crippen molar-refractivity contribution in [2.24, 2.45) is 0 Å². The van der Waals surface area contributed by atoms with Crippen LogP contribution in [-0.2, 0) is 19.1 Å². The molecule has 29 heavy (non-hydrogen) atoms. The zero-order valence-corrected chi connectivity index (χ0v) is 19.4. The standard InChI is InChI=1S/C24H45NO4/c1-5-6-7-8-9-10-11-12-13-14-15-16-18-21(26)23(28)25-20-17-19-22(27)29-24(2,3)4/h5-20H2,1-4H3,(H,25,28). The van der Waals surface area contributed by atoms with E-state index < -0.39 is 11.5 Å². The average Bonchev–Trinajstić information content (AvgIpc) is 2.64. The van der Waals surface area contributed by atoms with Gasteiger partial charge < -0.3 is 10.1 Å². The highest BCUT2D eigenvalue weighted by Gasteiger charge is 2.16. The van der Waals surface area contributed by atoms with Crippen LogP contribution in [0.2, 0.25) is 0 Å². The molecule has 0 saturated carbocycles. The molecule has 0 unspecified atom stereocenters. The summed E-state index contributed by atoms with van der Waals surface area (Å²) < 4.78 is 5.20. The molecule has 0 rings (SSSR count). The van der Waals surface area contributed by atoms with Gasteiger partial charge in [0.2, 0.25) is 5.78 Å². The quantitative estimate of drug-likeness (QED) is 0.173. The number of ether oxygens (including phenoxy) is 1. The van der Waals surface area contributed by atoms with Crippen molar-refractivity contribution >= 4 is 17.7 Å². The van der Waals surface area contributed by atoms with E-state index in [-0.39, 0.29) is 18.2 Å². The number of esters is 1. The minimum atomic E-state index is -0.530. The van der Waals surface area contributed by atoms with Gasteiger partial charge in [-0.05, 0) is 33.6 Å². The van der Waals surface area contributed by atoms with E-state index in [2.05, 4.69) is 12.2 Å². The molecule has 0 aliphatic carbocycles. The number of hydrogen-bond acceptors (Lipinski definition) is 4. The number of nitrogens with one attached hydrogen (secondary N) is 1. The molecule has 0 fully saturated rings. The average molecular weight is 412 g/mol. The lowest BCUT2D eigenvalue weighted by atomic mass is 10.0. The molecule has 5 heteroatoms. The molecule has 0 aromatic rings. The van der Waals surface area contributed by atoms with Crippen LogP contribution in [0.3, 0.4) is 0 Å². The highest BCUT2D eigenvalue weighted by molar-refractivity contribution is 6.36. The highest BCUT2D eigenvalue weighted by Crippen LogP contribution is 2.12. The van der Waals surface area contributed by atoms with Gasteiger partial charge in [0.1, 0.15) is 5.60 Å². The largest absolute Gasteiger partial charge is 0.460 e. The van der Waals surface area contributed by atoms with E-state index >= 15 is 0 Å². The topological polar surface area (TPSA) is 72.5 Å². The summed E-state index contributed by atoms with van der Waals surface area (Å²) >= 11 is 0. The number of carbonyl (C=O) groups is 3. The van der Waals surface area contributed by atoms with Crippen LogP contribution in [0.5, 0.6) is 0 Å². The van der Waals surface area contributed by atoms with Gasteiger partial charge in [-0.25, -0.2) is 0 Å². The van der Waals surface area contributed by atoms with Crippen molar-refractivity contribution in [3.8, 4) is 0 Å². The summed E-state index contributed by atoms with van der Waals surface area (Å²) in [6.07, 6.45) is 15.9. The molecule has 1 N–H and O–H groups in total. The number of rotatable bonds is 18. The summed E-state index contributed by atoms with van der Waals surface area (Å²) in [5, 5.41) is 2.60. The van der Waals surface area contributed by atoms with E-state index in [0.29, 0.717) is 19.4 Å². The first kappa shape index (κ1) is 27.6. The Labute approximate surface area is 178 Å². The molecule has 0 heterocycles. The van der Waals surface area contributed by atoms with Crippen LogP contribution in [0.4, 0.5) is 0 Å². The predicted octanol–water partition coefficient (Wildman–Crippen LogP) is 5.88. The highest BCUT2D eigenvalue weighted by atomic mass is 16.6. The molecular weight excluding hydrogens is 366 g/mol. The maximum absolute atomic E-state index is 11.8. The molecule has 0 aromatic heterocycles. The zero-order chi connectivity index (χ0) is 22.0. The van der Waals surface area contributed by atoms with Gasteiger partial charge in [-0.2, -0.15) is 0 Å². The second kappa shape index (κ2) is 17.5. The second-order valence-corrected chi connectivity index (χ2v) is 9.01. The van der Waals surface area contributed by atoms with Crippen molar-refractivity contribution in [1.29, 1.82) is 0 Å². The molecule has 0 aromatic carbocycles. The molecule has 0 spiro atoms. The van der Waals surface area contributed by atoms with Gasteiger partial charge in [-0.1, -0.05) is 77.6 Å². The Morgan fingerprint density at radius 2 is 1.17 bits per heavy atom. The van der Waals surface area contributed by atoms with Crippen LogP contribution in [0.1, 0.15) is 124 Å². The van der Waals surface area contributed by atoms with Gasteiger partial charge in [0.25, 0.3) is 5.91 Å². The van der Waals surface area contributed by atoms with Crippen LogP contribution in [-0.4, -0.2) is 29.8 Å². The smallest absolute Gasteiger partial charge is 0.306 e. The molecule has 0 saturated heterocycles. The molecule has 5 nitrogen and oxygen atoms in total. The zero-order valence-electron chi connectivity index (χ0n) is 19.4. The van der Waals surface area contributed by atoms with Gasteiger partial charge >= 0.3 is 5.97 Å². The van der Waals surface area contributed by atoms with Crippen LogP contribution in [0.15, 0.2) is 0 Å². The Bertz CT molecular complexity index is 454. The number of unbranched alkanes of at least 4 members (excludes halogenated alkanes) is 11. The maximum atomic E-state index is 11.8. The summed E-state index contributed by atoms with van der Waals surface area (Å²) in [5.41, 5.74) is -0.495. The third-order valence-corrected chi connectivity index (χ3v) is 4.77. The molecule has 0 bridgehead atoms. The number of ketones is 1. The maximum Gasteiger partial charge on any atom is 0.306 e. The van der Waals surface area contributed by atoms with Crippen molar-refractivity contribution in [3.63, 3.8) is 0 Å². The second-order valence-electron chi connectivity index (χ2n) is 9.01. The van der Waals surface area contributed by atoms with Crippen molar-refractivity contribution in [2.45, 2.75) is 130 Å². The van der Waals surface area contributed by atoms with E-state index in [4.69, 9.17) is 4.74 Å². The Morgan fingerprint density at radius 3 is 1.66 bits per heavy atom. The van der Waals surface area contributed by atoms with Crippen molar-refractivity contribution in [1.82, 2.24) is 5.32 Å². The van der Waals surface area contributed by atoms with Gasteiger partial charge in [0.15, 0.2) is 0 Å². The lowest BCUT2D eigenvalue weighted by Gasteiger charge is -2.19. The molecule has 0 aliphatic heterocycles. The molecular formula is C24H45NO4. The third kappa shape index (κ3) is 19.7. The van der Waals surface area contributed by atoms with Crippen molar-refractivity contribution in [2.75, 3.05) is 6.54 Å². The minimum absolute atomic E-state index is 0.241. The Kier molecular flexibility index (Phi) is 16.6. The first-order chi connectivity index (χ1) is 13.8. The van der Waals surface area contributed by atoms with Crippen LogP contribution in [0.25, 0.3) is 0 Å². The molecule has 1 amide bonds. The SMILES string of the molecule is CCCCCCCCCCCCCCC(=O)C(=O)NCCCC(=O)OC(C)(C)C. The van der Waals surface area contributed by atoms with Gasteiger partial charge in [-0.15, -0.1) is 0 Å². The van der Waals surface area contributed by atoms with Crippen molar-refractivity contribution in [3.05, 3.63) is 0 Å². The summed E-state index contributed by atoms with van der Waals surface area (Å²) in [6.45, 7) is 8.03. The number of Topliss-reactive ketones (excluding diaryl/α,β-unsaturated/α-hetero) is 1. The third-order valence-electron chi connectivity index (χ3n) is 4.77. The number of carbonyl (C=O) groups excluding carboxylic acids is 3. The Hall–Kier alpha value is -1.39. The summed E-state index contributed by atoms with van der Waals surface area (Å²) in [7, 11) is 0. The van der Waals surface area contributed by atoms with E-state index in [0.717, 1.165) is 19.3 Å². The molecule has 0 radical (unpaired) electrons. The Morgan fingerprint density at radius 1 is 0.690 bits per heavy atom. The normalized spacial score (nSPS) is 11.3. The van der Waals surface area contributed by atoms with E-state index in [1.807, 2.05) is 20.8 Å². The molecule has 170 valence electrons. The van der Waals surface area contributed by atoms with Crippen LogP contribution < -0.4 is 5.32 Å². The monoisotopic (exact) mass is 411 g/mol. The lowest BCUT2D eigenvalue weighted by Crippen LogP contribution is -2.32. The van der Waals surface area contributed by atoms with Crippen molar-refractivity contribution < 1.29 is 19.1 Å². The minimum Gasteiger partial charge on any atom is -0.460 e. The van der Waals surface area contributed by atoms with E-state index in [1.165, 1.54) is 57.8 Å². The predicted molar refractivity (Wildman–Crippen MR) is 119 cm³/mol. The molecule has 0 aliphatic rings. The van der Waals surface area contributed by atoms with Crippen LogP contribution in [0, 0.1) is 0 Å². The summed E-state index contributed by atoms with van der Waals surface area (Å²) in [4.78, 5) is 35.2. The first-order valence-corrected chi connectivity index (χ1v) is 11.8. The van der Waals surface area contributed by atoms with E-state index in [9.17, 15) is 14.4 Å². The van der Waals surface area contributed by atoms with Gasteiger partial charge in [0, 0.05) is 19.4 Å². The number of amides is 1. The lowest BCUT2D eigenvalue weighted by molar-refractivity contribution is -0.154.